The molecule has 8 atom stereocenters. The Kier molecular flexibility index (Phi) is 6.81. The van der Waals surface area contributed by atoms with Crippen LogP contribution in [-0.4, -0.2) is 62.6 Å². The van der Waals surface area contributed by atoms with Gasteiger partial charge in [0.25, 0.3) is 0 Å². The summed E-state index contributed by atoms with van der Waals surface area (Å²) < 4.78 is 25.4. The molecule has 0 aromatic carbocycles. The molecule has 0 saturated carbocycles. The van der Waals surface area contributed by atoms with Crippen LogP contribution in [0.25, 0.3) is 0 Å². The molecule has 224 valence electrons. The van der Waals surface area contributed by atoms with Gasteiger partial charge in [0.05, 0.1) is 23.4 Å². The molecule has 5 heterocycles. The third-order valence-corrected chi connectivity index (χ3v) is 10.5. The monoisotopic (exact) mass is 575 g/mol. The van der Waals surface area contributed by atoms with Gasteiger partial charge in [0.2, 0.25) is 0 Å². The lowest BCUT2D eigenvalue weighted by atomic mass is 9.83. The molecule has 6 aliphatic rings. The van der Waals surface area contributed by atoms with Gasteiger partial charge >= 0.3 is 11.9 Å². The maximum Gasteiger partial charge on any atom is 0.334 e. The van der Waals surface area contributed by atoms with Gasteiger partial charge < -0.3 is 18.9 Å². The highest BCUT2D eigenvalue weighted by Crippen LogP contribution is 2.51. The lowest BCUT2D eigenvalue weighted by molar-refractivity contribution is -0.140. The summed E-state index contributed by atoms with van der Waals surface area (Å²) in [5.41, 5.74) is 4.33. The Morgan fingerprint density at radius 1 is 0.857 bits per heavy atom. The first-order valence-corrected chi connectivity index (χ1v) is 15.5. The van der Waals surface area contributed by atoms with Crippen molar-refractivity contribution in [3.8, 4) is 0 Å². The van der Waals surface area contributed by atoms with Gasteiger partial charge in [-0.1, -0.05) is 41.7 Å². The first-order valence-electron chi connectivity index (χ1n) is 15.5. The number of epoxide rings is 2. The van der Waals surface area contributed by atoms with Gasteiger partial charge in [0, 0.05) is 29.2 Å². The second kappa shape index (κ2) is 10.3. The molecule has 4 fully saturated rings. The van der Waals surface area contributed by atoms with Crippen molar-refractivity contribution >= 4 is 11.9 Å². The largest absolute Gasteiger partial charge is 0.455 e. The number of aromatic nitrogens is 3. The molecule has 0 bridgehead atoms. The molecule has 2 aliphatic carbocycles. The van der Waals surface area contributed by atoms with Crippen molar-refractivity contribution in [3.63, 3.8) is 0 Å². The maximum absolute atomic E-state index is 12.3. The Morgan fingerprint density at radius 2 is 1.40 bits per heavy atom. The van der Waals surface area contributed by atoms with Gasteiger partial charge in [-0.05, 0) is 78.1 Å². The van der Waals surface area contributed by atoms with Crippen LogP contribution in [0.3, 0.4) is 0 Å². The van der Waals surface area contributed by atoms with E-state index in [2.05, 4.69) is 55.7 Å². The topological polar surface area (TPSA) is 108 Å². The number of aryl methyl sites for hydroxylation is 1. The van der Waals surface area contributed by atoms with Crippen molar-refractivity contribution in [3.05, 3.63) is 59.5 Å². The van der Waals surface area contributed by atoms with Gasteiger partial charge in [0.1, 0.15) is 24.4 Å². The molecule has 42 heavy (non-hydrogen) atoms. The van der Waals surface area contributed by atoms with Crippen LogP contribution >= 0.6 is 0 Å². The van der Waals surface area contributed by atoms with Crippen LogP contribution < -0.4 is 0 Å². The number of fused-ring (bicyclic) bond motifs is 6. The quantitative estimate of drug-likeness (QED) is 0.215. The van der Waals surface area contributed by atoms with Crippen molar-refractivity contribution in [2.75, 3.05) is 0 Å². The summed E-state index contributed by atoms with van der Waals surface area (Å²) in [6.45, 7) is 13.0. The van der Waals surface area contributed by atoms with Crippen LogP contribution in [-0.2, 0) is 41.5 Å². The van der Waals surface area contributed by atoms with Crippen LogP contribution in [0, 0.1) is 11.8 Å². The molecule has 0 radical (unpaired) electrons. The fraction of sp³-hybridized carbons (Fsp3) is 0.636. The average molecular weight is 576 g/mol. The second-order valence-electron chi connectivity index (χ2n) is 13.5. The van der Waals surface area contributed by atoms with E-state index in [1.807, 2.05) is 4.68 Å². The standard InChI is InChI=1S/C33H41N3O6/c1-19-24-13-10-21(7-5-15-32(3)28(41-32)26(24)39-30(19)37)9-12-23-18-36(35-34-23)17-22-8-6-16-33(4)29(42-33)27-25(14-11-22)20(2)31(38)40-27/h7-8,18,24-29H,1-2,5-6,9-17H2,3-4H3/b21-7-,22-8+/t24-,25-,26-,27-,28-,29?,32+,33+/m0/s1. The van der Waals surface area contributed by atoms with Crippen LogP contribution in [0.15, 0.2) is 53.8 Å². The molecule has 4 saturated heterocycles. The van der Waals surface area contributed by atoms with Crippen molar-refractivity contribution in [1.29, 1.82) is 0 Å². The predicted molar refractivity (Wildman–Crippen MR) is 153 cm³/mol. The molecular weight excluding hydrogens is 534 g/mol. The zero-order valence-corrected chi connectivity index (χ0v) is 24.7. The minimum Gasteiger partial charge on any atom is -0.455 e. The molecular formula is C33H41N3O6. The Morgan fingerprint density at radius 3 is 2.00 bits per heavy atom. The molecule has 1 aromatic rings. The van der Waals surface area contributed by atoms with E-state index in [1.54, 1.807) is 0 Å². The summed E-state index contributed by atoms with van der Waals surface area (Å²) in [7, 11) is 0. The highest BCUT2D eigenvalue weighted by atomic mass is 16.7. The predicted octanol–water partition coefficient (Wildman–Crippen LogP) is 4.72. The average Bonchev–Trinajstić information content (AvgIpc) is 3.64. The van der Waals surface area contributed by atoms with E-state index in [1.165, 1.54) is 11.1 Å². The molecule has 0 N–H and O–H groups in total. The number of carbonyl (C=O) groups excluding carboxylic acids is 2. The zero-order chi connectivity index (χ0) is 29.2. The molecule has 0 spiro atoms. The van der Waals surface area contributed by atoms with Gasteiger partial charge in [0.15, 0.2) is 0 Å². The van der Waals surface area contributed by atoms with E-state index in [4.69, 9.17) is 18.9 Å². The minimum atomic E-state index is -0.284. The van der Waals surface area contributed by atoms with Gasteiger partial charge in [-0.25, -0.2) is 14.3 Å². The lowest BCUT2D eigenvalue weighted by Gasteiger charge is -2.20. The van der Waals surface area contributed by atoms with Gasteiger partial charge in [-0.3, -0.25) is 0 Å². The molecule has 9 nitrogen and oxygen atoms in total. The smallest absolute Gasteiger partial charge is 0.334 e. The number of nitrogens with zero attached hydrogens (tertiary/aromatic N) is 3. The molecule has 0 amide bonds. The van der Waals surface area contributed by atoms with E-state index in [0.717, 1.165) is 69.9 Å². The highest BCUT2D eigenvalue weighted by Gasteiger charge is 2.62. The Bertz CT molecular complexity index is 1390. The zero-order valence-electron chi connectivity index (χ0n) is 24.7. The fourth-order valence-corrected chi connectivity index (χ4v) is 7.64. The Labute approximate surface area is 247 Å². The number of ether oxygens (including phenoxy) is 4. The summed E-state index contributed by atoms with van der Waals surface area (Å²) in [6.07, 6.45) is 15.0. The molecule has 4 aliphatic heterocycles. The normalized spacial score (nSPS) is 42.0. The number of hydrogen-bond acceptors (Lipinski definition) is 8. The van der Waals surface area contributed by atoms with Gasteiger partial charge in [-0.2, -0.15) is 0 Å². The molecule has 7 rings (SSSR count). The van der Waals surface area contributed by atoms with E-state index in [-0.39, 0.29) is 59.4 Å². The first kappa shape index (κ1) is 27.8. The van der Waals surface area contributed by atoms with E-state index >= 15 is 0 Å². The Balaban J connectivity index is 0.978. The number of carbonyl (C=O) groups is 2. The van der Waals surface area contributed by atoms with Crippen LogP contribution in [0.5, 0.6) is 0 Å². The fourth-order valence-electron chi connectivity index (χ4n) is 7.64. The first-order chi connectivity index (χ1) is 20.1. The van der Waals surface area contributed by atoms with Crippen LogP contribution in [0.1, 0.15) is 77.3 Å². The van der Waals surface area contributed by atoms with E-state index in [0.29, 0.717) is 17.7 Å². The number of hydrogen-bond donors (Lipinski definition) is 0. The van der Waals surface area contributed by atoms with E-state index in [9.17, 15) is 9.59 Å². The summed E-state index contributed by atoms with van der Waals surface area (Å²) in [4.78, 5) is 24.6. The summed E-state index contributed by atoms with van der Waals surface area (Å²) in [5.74, 6) is -0.556. The SMILES string of the molecule is C=C1C(=O)O[C@H]2[C@H]1CC/C(CCc1cn(C/C3=C/CC[C@@]4(C)OC4[C@H]4OC(=O)C(=C)[C@@H]4CC3)nn1)=C\CC[C@@]1(C)O[C@@H]21. The summed E-state index contributed by atoms with van der Waals surface area (Å²) in [5, 5.41) is 8.94. The summed E-state index contributed by atoms with van der Waals surface area (Å²) in [6, 6.07) is 0. The third kappa shape index (κ3) is 5.08. The van der Waals surface area contributed by atoms with Crippen LogP contribution in [0.4, 0.5) is 0 Å². The number of esters is 2. The molecule has 1 aromatic heterocycles. The molecule has 9 heteroatoms. The van der Waals surface area contributed by atoms with E-state index < -0.39 is 0 Å². The molecule has 1 unspecified atom stereocenters. The maximum atomic E-state index is 12.3. The van der Waals surface area contributed by atoms with Crippen molar-refractivity contribution < 1.29 is 28.5 Å². The van der Waals surface area contributed by atoms with Crippen molar-refractivity contribution in [2.24, 2.45) is 11.8 Å². The highest BCUT2D eigenvalue weighted by molar-refractivity contribution is 5.91. The lowest BCUT2D eigenvalue weighted by Crippen LogP contribution is -2.29. The van der Waals surface area contributed by atoms with Crippen LogP contribution in [0.2, 0.25) is 0 Å². The van der Waals surface area contributed by atoms with Gasteiger partial charge in [-0.15, -0.1) is 5.10 Å². The van der Waals surface area contributed by atoms with Crippen molar-refractivity contribution in [2.45, 2.75) is 120 Å². The third-order valence-electron chi connectivity index (χ3n) is 10.5. The number of rotatable bonds is 5. The number of allylic oxidation sites excluding steroid dienone is 4. The Hall–Kier alpha value is -3.04. The second-order valence-corrected chi connectivity index (χ2v) is 13.5. The van der Waals surface area contributed by atoms with Crippen molar-refractivity contribution in [1.82, 2.24) is 15.0 Å². The minimum absolute atomic E-state index is 0.0102. The summed E-state index contributed by atoms with van der Waals surface area (Å²) >= 11 is 0.